The minimum atomic E-state index is -0.716. The highest BCUT2D eigenvalue weighted by Gasteiger charge is 2.39. The highest BCUT2D eigenvalue weighted by Crippen LogP contribution is 2.44. The molecule has 1 fully saturated rings. The fourth-order valence-corrected chi connectivity index (χ4v) is 5.51. The normalized spacial score (nSPS) is 20.8. The zero-order valence-electron chi connectivity index (χ0n) is 21.6. The molecule has 184 valence electrons. The number of nitrogens with one attached hydrogen (secondary N) is 1. The van der Waals surface area contributed by atoms with Gasteiger partial charge in [0.15, 0.2) is 0 Å². The van der Waals surface area contributed by atoms with Crippen LogP contribution in [-0.2, 0) is 16.0 Å². The van der Waals surface area contributed by atoms with Gasteiger partial charge in [-0.2, -0.15) is 0 Å². The molecule has 0 radical (unpaired) electrons. The van der Waals surface area contributed by atoms with Crippen molar-refractivity contribution in [2.45, 2.75) is 72.3 Å². The molecule has 4 rings (SSSR count). The van der Waals surface area contributed by atoms with Crippen molar-refractivity contribution < 1.29 is 14.4 Å². The molecule has 2 heterocycles. The number of barbiturate groups is 1. The molecular formula is C29H35N3O3. The summed E-state index contributed by atoms with van der Waals surface area (Å²) in [6.07, 6.45) is 4.37. The first kappa shape index (κ1) is 24.7. The van der Waals surface area contributed by atoms with Gasteiger partial charge in [-0.1, -0.05) is 39.0 Å². The van der Waals surface area contributed by atoms with Crippen molar-refractivity contribution in [3.05, 3.63) is 64.2 Å². The maximum Gasteiger partial charge on any atom is 0.335 e. The number of rotatable bonds is 5. The first-order chi connectivity index (χ1) is 16.6. The molecule has 1 N–H and O–H groups in total. The van der Waals surface area contributed by atoms with Crippen LogP contribution in [0, 0.1) is 6.92 Å². The van der Waals surface area contributed by atoms with E-state index in [2.05, 4.69) is 50.0 Å². The van der Waals surface area contributed by atoms with Crippen LogP contribution >= 0.6 is 0 Å². The number of fused-ring (bicyclic) bond motifs is 1. The second-order valence-corrected chi connectivity index (χ2v) is 10.3. The van der Waals surface area contributed by atoms with E-state index in [1.54, 1.807) is 18.2 Å². The number of carbonyl (C=O) groups excluding carboxylic acids is 3. The lowest BCUT2D eigenvalue weighted by Crippen LogP contribution is -2.54. The summed E-state index contributed by atoms with van der Waals surface area (Å²) in [5, 5.41) is 2.36. The van der Waals surface area contributed by atoms with Gasteiger partial charge in [0.1, 0.15) is 5.57 Å². The van der Waals surface area contributed by atoms with Crippen molar-refractivity contribution >= 4 is 35.3 Å². The van der Waals surface area contributed by atoms with Gasteiger partial charge in [0, 0.05) is 17.8 Å². The molecule has 6 heteroatoms. The third-order valence-electron chi connectivity index (χ3n) is 7.24. The standard InChI is InChI=1S/C29H35N3O3/c1-7-13-31-25-14-18(3)21(15-22(25)19(4)17-29(31,5)6)16-23-26(33)30-28(35)32(27(23)34)24-12-10-9-11-20(24)8-2/h9-12,14-16,19H,7-8,13,17H2,1-6H3,(H,30,33,35)/b23-16-. The number of para-hydroxylation sites is 1. The quantitative estimate of drug-likeness (QED) is 0.445. The second kappa shape index (κ2) is 9.33. The van der Waals surface area contributed by atoms with E-state index in [4.69, 9.17) is 0 Å². The van der Waals surface area contributed by atoms with Crippen LogP contribution in [0.2, 0.25) is 0 Å². The summed E-state index contributed by atoms with van der Waals surface area (Å²) in [5.41, 5.74) is 5.65. The summed E-state index contributed by atoms with van der Waals surface area (Å²) in [5.74, 6) is -0.918. The van der Waals surface area contributed by atoms with E-state index in [1.165, 1.54) is 11.3 Å². The molecule has 6 nitrogen and oxygen atoms in total. The first-order valence-corrected chi connectivity index (χ1v) is 12.5. The highest BCUT2D eigenvalue weighted by molar-refractivity contribution is 6.39. The summed E-state index contributed by atoms with van der Waals surface area (Å²) in [7, 11) is 0. The van der Waals surface area contributed by atoms with Crippen LogP contribution in [0.15, 0.2) is 42.0 Å². The number of aryl methyl sites for hydroxylation is 2. The average molecular weight is 474 g/mol. The zero-order chi connectivity index (χ0) is 25.5. The number of hydrogen-bond donors (Lipinski definition) is 1. The Morgan fingerprint density at radius 3 is 2.49 bits per heavy atom. The van der Waals surface area contributed by atoms with Crippen LogP contribution in [0.4, 0.5) is 16.2 Å². The van der Waals surface area contributed by atoms with Gasteiger partial charge in [-0.3, -0.25) is 14.9 Å². The summed E-state index contributed by atoms with van der Waals surface area (Å²) in [6.45, 7) is 13.9. The van der Waals surface area contributed by atoms with Crippen molar-refractivity contribution in [1.29, 1.82) is 0 Å². The first-order valence-electron chi connectivity index (χ1n) is 12.5. The van der Waals surface area contributed by atoms with Crippen molar-refractivity contribution in [3.63, 3.8) is 0 Å². The summed E-state index contributed by atoms with van der Waals surface area (Å²) >= 11 is 0. The second-order valence-electron chi connectivity index (χ2n) is 10.3. The Morgan fingerprint density at radius 2 is 1.80 bits per heavy atom. The van der Waals surface area contributed by atoms with Crippen molar-refractivity contribution in [2.75, 3.05) is 16.3 Å². The summed E-state index contributed by atoms with van der Waals surface area (Å²) in [4.78, 5) is 42.5. The van der Waals surface area contributed by atoms with Crippen molar-refractivity contribution in [3.8, 4) is 0 Å². The number of amides is 4. The van der Waals surface area contributed by atoms with E-state index < -0.39 is 17.8 Å². The molecule has 0 spiro atoms. The number of carbonyl (C=O) groups is 3. The Labute approximate surface area is 208 Å². The van der Waals surface area contributed by atoms with Crippen LogP contribution < -0.4 is 15.1 Å². The van der Waals surface area contributed by atoms with Gasteiger partial charge < -0.3 is 4.90 Å². The monoisotopic (exact) mass is 473 g/mol. The van der Waals surface area contributed by atoms with Crippen molar-refractivity contribution in [2.24, 2.45) is 0 Å². The van der Waals surface area contributed by atoms with Gasteiger partial charge in [0.2, 0.25) is 0 Å². The minimum Gasteiger partial charge on any atom is -0.366 e. The van der Waals surface area contributed by atoms with Gasteiger partial charge >= 0.3 is 6.03 Å². The van der Waals surface area contributed by atoms with E-state index >= 15 is 0 Å². The van der Waals surface area contributed by atoms with E-state index in [1.807, 2.05) is 26.0 Å². The third-order valence-corrected chi connectivity index (χ3v) is 7.24. The molecular weight excluding hydrogens is 438 g/mol. The molecule has 1 atom stereocenters. The third kappa shape index (κ3) is 4.38. The maximum absolute atomic E-state index is 13.5. The van der Waals surface area contributed by atoms with Gasteiger partial charge in [-0.15, -0.1) is 0 Å². The Hall–Kier alpha value is -3.41. The van der Waals surface area contributed by atoms with Crippen molar-refractivity contribution in [1.82, 2.24) is 5.32 Å². The van der Waals surface area contributed by atoms with Gasteiger partial charge in [-0.25, -0.2) is 9.69 Å². The molecule has 2 aromatic carbocycles. The number of urea groups is 1. The van der Waals surface area contributed by atoms with Crippen LogP contribution in [0.3, 0.4) is 0 Å². The van der Waals surface area contributed by atoms with Crippen LogP contribution in [0.25, 0.3) is 6.08 Å². The molecule has 2 aromatic rings. The lowest BCUT2D eigenvalue weighted by Gasteiger charge is -2.48. The SMILES string of the molecule is CCCN1c2cc(C)c(/C=C3/C(=O)NC(=O)N(c4ccccc4CC)C3=O)cc2C(C)CC1(C)C. The lowest BCUT2D eigenvalue weighted by molar-refractivity contribution is -0.122. The smallest absolute Gasteiger partial charge is 0.335 e. The number of nitrogens with zero attached hydrogens (tertiary/aromatic N) is 2. The van der Waals surface area contributed by atoms with Gasteiger partial charge in [-0.05, 0) is 92.5 Å². The summed E-state index contributed by atoms with van der Waals surface area (Å²) in [6, 6.07) is 10.8. The van der Waals surface area contributed by atoms with E-state index in [-0.39, 0.29) is 11.1 Å². The van der Waals surface area contributed by atoms with Crippen LogP contribution in [0.1, 0.15) is 75.6 Å². The number of imide groups is 2. The van der Waals surface area contributed by atoms with Gasteiger partial charge in [0.05, 0.1) is 5.69 Å². The Bertz CT molecular complexity index is 1230. The molecule has 0 saturated carbocycles. The number of hydrogen-bond acceptors (Lipinski definition) is 4. The average Bonchev–Trinajstić information content (AvgIpc) is 2.79. The zero-order valence-corrected chi connectivity index (χ0v) is 21.6. The van der Waals surface area contributed by atoms with E-state index in [0.717, 1.165) is 41.0 Å². The largest absolute Gasteiger partial charge is 0.366 e. The van der Waals surface area contributed by atoms with Crippen LogP contribution in [-0.4, -0.2) is 29.9 Å². The predicted octanol–water partition coefficient (Wildman–Crippen LogP) is 5.73. The molecule has 4 amide bonds. The number of anilines is 2. The Kier molecular flexibility index (Phi) is 6.58. The molecule has 2 aliphatic rings. The molecule has 0 aromatic heterocycles. The molecule has 1 unspecified atom stereocenters. The maximum atomic E-state index is 13.5. The molecule has 0 bridgehead atoms. The minimum absolute atomic E-state index is 0.0345. The van der Waals surface area contributed by atoms with Gasteiger partial charge in [0.25, 0.3) is 11.8 Å². The van der Waals surface area contributed by atoms with E-state index in [0.29, 0.717) is 18.0 Å². The number of benzene rings is 2. The molecule has 0 aliphatic carbocycles. The Morgan fingerprint density at radius 1 is 1.09 bits per heavy atom. The topological polar surface area (TPSA) is 69.7 Å². The predicted molar refractivity (Wildman–Crippen MR) is 141 cm³/mol. The molecule has 2 aliphatic heterocycles. The van der Waals surface area contributed by atoms with E-state index in [9.17, 15) is 14.4 Å². The van der Waals surface area contributed by atoms with Crippen LogP contribution in [0.5, 0.6) is 0 Å². The highest BCUT2D eigenvalue weighted by atomic mass is 16.2. The molecule has 35 heavy (non-hydrogen) atoms. The molecule has 1 saturated heterocycles. The fourth-order valence-electron chi connectivity index (χ4n) is 5.51. The summed E-state index contributed by atoms with van der Waals surface area (Å²) < 4.78 is 0. The Balaban J connectivity index is 1.79. The lowest BCUT2D eigenvalue weighted by atomic mass is 9.78. The fraction of sp³-hybridized carbons (Fsp3) is 0.414.